The van der Waals surface area contributed by atoms with Crippen LogP contribution >= 0.6 is 0 Å². The first-order valence-corrected chi connectivity index (χ1v) is 5.91. The number of nitrogens with zero attached hydrogens (tertiary/aromatic N) is 2. The Morgan fingerprint density at radius 3 is 1.33 bits per heavy atom. The zero-order valence-electron chi connectivity index (χ0n) is 11.6. The van der Waals surface area contributed by atoms with Crippen molar-refractivity contribution in [1.82, 2.24) is 16.0 Å². The monoisotopic (exact) mass is 347 g/mol. The Morgan fingerprint density at radius 1 is 0.792 bits per heavy atom. The number of nitrogens with one attached hydrogen (secondary N) is 3. The largest absolute Gasteiger partial charge is 0.479 e. The molecule has 1 aliphatic heterocycles. The molecule has 132 valence electrons. The van der Waals surface area contributed by atoms with E-state index in [4.69, 9.17) is 31.9 Å². The Morgan fingerprint density at radius 2 is 1.08 bits per heavy atom. The minimum atomic E-state index is -2.23. The van der Waals surface area contributed by atoms with Crippen LogP contribution in [0.5, 0.6) is 0 Å². The van der Waals surface area contributed by atoms with Gasteiger partial charge < -0.3 is 31.1 Å². The van der Waals surface area contributed by atoms with E-state index in [0.717, 1.165) is 0 Å². The highest BCUT2D eigenvalue weighted by Gasteiger charge is 2.34. The molecule has 1 saturated heterocycles. The van der Waals surface area contributed by atoms with E-state index in [1.54, 1.807) is 0 Å². The van der Waals surface area contributed by atoms with E-state index in [1.165, 1.54) is 0 Å². The summed E-state index contributed by atoms with van der Waals surface area (Å²) in [5, 5.41) is 41.5. The van der Waals surface area contributed by atoms with Crippen LogP contribution < -0.4 is 27.4 Å². The summed E-state index contributed by atoms with van der Waals surface area (Å²) >= 11 is 0. The van der Waals surface area contributed by atoms with Gasteiger partial charge >= 0.3 is 23.9 Å². The van der Waals surface area contributed by atoms with Crippen molar-refractivity contribution in [3.05, 3.63) is 0 Å². The minimum absolute atomic E-state index is 0.582. The van der Waals surface area contributed by atoms with E-state index in [1.807, 2.05) is 0 Å². The molecule has 1 rings (SSSR count). The van der Waals surface area contributed by atoms with E-state index in [2.05, 4.69) is 25.9 Å². The van der Waals surface area contributed by atoms with Crippen LogP contribution in [0.2, 0.25) is 0 Å². The highest BCUT2D eigenvalue weighted by molar-refractivity contribution is 6.07. The Bertz CT molecular complexity index is 562. The van der Waals surface area contributed by atoms with Gasteiger partial charge in [-0.2, -0.15) is 0 Å². The number of hydrogen-bond acceptors (Lipinski definition) is 8. The van der Waals surface area contributed by atoms with Crippen molar-refractivity contribution >= 4 is 35.8 Å². The molecule has 0 unspecified atom stereocenters. The number of carbonyl (C=O) groups is 4. The first-order valence-electron chi connectivity index (χ1n) is 5.91. The molecule has 1 heterocycles. The number of aliphatic imine (C=N–C) groups is 2. The van der Waals surface area contributed by atoms with Crippen molar-refractivity contribution in [1.29, 1.82) is 0 Å². The van der Waals surface area contributed by atoms with E-state index in [-0.39, 0.29) is 0 Å². The third-order valence-corrected chi connectivity index (χ3v) is 2.34. The second-order valence-corrected chi connectivity index (χ2v) is 4.36. The van der Waals surface area contributed by atoms with Crippen LogP contribution in [-0.4, -0.2) is 74.2 Å². The number of aliphatic carboxylic acids is 4. The Hall–Kier alpha value is -3.46. The van der Waals surface area contributed by atoms with Crippen molar-refractivity contribution in [2.24, 2.45) is 21.5 Å². The van der Waals surface area contributed by atoms with Gasteiger partial charge in [0, 0.05) is 0 Å². The zero-order chi connectivity index (χ0) is 18.7. The van der Waals surface area contributed by atoms with Gasteiger partial charge in [0.05, 0.1) is 0 Å². The third kappa shape index (κ3) is 4.78. The smallest absolute Gasteiger partial charge is 0.340 e. The first kappa shape index (κ1) is 18.6. The summed E-state index contributed by atoms with van der Waals surface area (Å²) in [6, 6.07) is -4.46. The second kappa shape index (κ2) is 6.75. The topological polar surface area (TPSA) is 262 Å². The van der Waals surface area contributed by atoms with Gasteiger partial charge in [0.2, 0.25) is 29.9 Å². The summed E-state index contributed by atoms with van der Waals surface area (Å²) in [6.45, 7) is 0. The van der Waals surface area contributed by atoms with Crippen LogP contribution in [0.25, 0.3) is 0 Å². The first-order chi connectivity index (χ1) is 10.9. The van der Waals surface area contributed by atoms with Gasteiger partial charge in [-0.3, -0.25) is 16.8 Å². The Labute approximate surface area is 132 Å². The van der Waals surface area contributed by atoms with Crippen molar-refractivity contribution in [2.75, 3.05) is 0 Å². The summed E-state index contributed by atoms with van der Waals surface area (Å²) in [5.41, 5.74) is 11.0. The summed E-state index contributed by atoms with van der Waals surface area (Å²) in [5.74, 6) is -10.4. The predicted molar refractivity (Wildman–Crippen MR) is 73.5 cm³/mol. The summed E-state index contributed by atoms with van der Waals surface area (Å²) in [7, 11) is 0. The SMILES string of the molecule is NC1(N)NC(=NC(C(=O)O)C(=O)O)NC(=NC(C(=O)O)C(=O)O)N1. The quantitative estimate of drug-likeness (QED) is 0.161. The van der Waals surface area contributed by atoms with Gasteiger partial charge in [-0.1, -0.05) is 0 Å². The standard InChI is InChI=1S/C9H13N7O8/c10-9(11)15-7(12-1(3(17)18)4(19)20)14-8(16-9)13-2(5(21)22)6(23)24/h1-2H,10-11H2,(H,17,18)(H,19,20)(H,21,22)(H,23,24)(H3,12,13,14,15,16). The molecule has 0 aromatic heterocycles. The molecule has 0 aromatic carbocycles. The molecule has 1 aliphatic rings. The van der Waals surface area contributed by atoms with E-state index >= 15 is 0 Å². The molecule has 11 N–H and O–H groups in total. The average Bonchev–Trinajstić information content (AvgIpc) is 2.39. The number of hydrogen-bond donors (Lipinski definition) is 9. The maximum atomic E-state index is 10.8. The van der Waals surface area contributed by atoms with Gasteiger partial charge in [0.25, 0.3) is 0 Å². The molecule has 24 heavy (non-hydrogen) atoms. The summed E-state index contributed by atoms with van der Waals surface area (Å²) < 4.78 is 0. The maximum Gasteiger partial charge on any atom is 0.340 e. The molecule has 0 amide bonds. The molecule has 0 atom stereocenters. The van der Waals surface area contributed by atoms with Gasteiger partial charge in [-0.25, -0.2) is 29.2 Å². The van der Waals surface area contributed by atoms with Crippen molar-refractivity contribution in [2.45, 2.75) is 18.0 Å². The molecule has 0 saturated carbocycles. The highest BCUT2D eigenvalue weighted by atomic mass is 16.4. The molecule has 15 heteroatoms. The van der Waals surface area contributed by atoms with E-state index < -0.39 is 53.8 Å². The van der Waals surface area contributed by atoms with Gasteiger partial charge in [-0.05, 0) is 0 Å². The maximum absolute atomic E-state index is 10.8. The van der Waals surface area contributed by atoms with Crippen LogP contribution in [0, 0.1) is 0 Å². The fourth-order valence-corrected chi connectivity index (χ4v) is 1.42. The number of rotatable bonds is 6. The Balaban J connectivity index is 3.19. The fourth-order valence-electron chi connectivity index (χ4n) is 1.42. The van der Waals surface area contributed by atoms with Crippen LogP contribution in [0.4, 0.5) is 0 Å². The molecular weight excluding hydrogens is 334 g/mol. The lowest BCUT2D eigenvalue weighted by molar-refractivity contribution is -0.151. The van der Waals surface area contributed by atoms with Crippen LogP contribution in [0.1, 0.15) is 0 Å². The minimum Gasteiger partial charge on any atom is -0.479 e. The molecule has 0 spiro atoms. The molecule has 0 aliphatic carbocycles. The van der Waals surface area contributed by atoms with E-state index in [9.17, 15) is 19.2 Å². The molecular formula is C9H13N7O8. The molecule has 0 radical (unpaired) electrons. The number of guanidine groups is 2. The normalized spacial score (nSPS) is 19.5. The van der Waals surface area contributed by atoms with Crippen molar-refractivity contribution in [3.63, 3.8) is 0 Å². The predicted octanol–water partition coefficient (Wildman–Crippen LogP) is -4.91. The number of nitrogens with two attached hydrogens (primary N) is 2. The summed E-state index contributed by atoms with van der Waals surface area (Å²) in [6.07, 6.45) is 0. The van der Waals surface area contributed by atoms with Gasteiger partial charge in [0.1, 0.15) is 0 Å². The molecule has 0 aromatic rings. The van der Waals surface area contributed by atoms with Gasteiger partial charge in [-0.15, -0.1) is 0 Å². The number of carboxylic acids is 4. The number of carboxylic acid groups (broad SMARTS) is 4. The summed E-state index contributed by atoms with van der Waals surface area (Å²) in [4.78, 5) is 49.8. The van der Waals surface area contributed by atoms with Crippen LogP contribution in [0.15, 0.2) is 9.98 Å². The average molecular weight is 347 g/mol. The fraction of sp³-hybridized carbons (Fsp3) is 0.333. The van der Waals surface area contributed by atoms with Crippen LogP contribution in [0.3, 0.4) is 0 Å². The highest BCUT2D eigenvalue weighted by Crippen LogP contribution is 1.98. The molecule has 1 fully saturated rings. The zero-order valence-corrected chi connectivity index (χ0v) is 11.6. The van der Waals surface area contributed by atoms with Crippen LogP contribution in [-0.2, 0) is 19.2 Å². The third-order valence-electron chi connectivity index (χ3n) is 2.34. The lowest BCUT2D eigenvalue weighted by Gasteiger charge is -2.35. The second-order valence-electron chi connectivity index (χ2n) is 4.36. The Kier molecular flexibility index (Phi) is 5.23. The molecule has 0 bridgehead atoms. The van der Waals surface area contributed by atoms with E-state index in [0.29, 0.717) is 0 Å². The van der Waals surface area contributed by atoms with Gasteiger partial charge in [0.15, 0.2) is 0 Å². The lowest BCUT2D eigenvalue weighted by atomic mass is 10.3. The van der Waals surface area contributed by atoms with Crippen molar-refractivity contribution < 1.29 is 39.6 Å². The van der Waals surface area contributed by atoms with Crippen molar-refractivity contribution in [3.8, 4) is 0 Å². The molecule has 15 nitrogen and oxygen atoms in total. The lowest BCUT2D eigenvalue weighted by Crippen LogP contribution is -2.80.